The Hall–Kier alpha value is -1.30. The highest BCUT2D eigenvalue weighted by Crippen LogP contribution is 2.27. The number of phenols is 1. The SMILES string of the molecule is NC1(C(=O)Nc2ccc(O)c(Cl)c2)CCOCC1. The van der Waals surface area contributed by atoms with Crippen molar-refractivity contribution < 1.29 is 14.6 Å². The maximum Gasteiger partial charge on any atom is 0.244 e. The van der Waals surface area contributed by atoms with Gasteiger partial charge in [0.05, 0.1) is 5.02 Å². The van der Waals surface area contributed by atoms with E-state index in [1.165, 1.54) is 12.1 Å². The van der Waals surface area contributed by atoms with E-state index < -0.39 is 5.54 Å². The summed E-state index contributed by atoms with van der Waals surface area (Å²) in [6.45, 7) is 0.973. The van der Waals surface area contributed by atoms with Gasteiger partial charge in [0.2, 0.25) is 5.91 Å². The van der Waals surface area contributed by atoms with Crippen molar-refractivity contribution in [1.82, 2.24) is 0 Å². The van der Waals surface area contributed by atoms with Crippen molar-refractivity contribution in [3.8, 4) is 5.75 Å². The molecule has 1 heterocycles. The van der Waals surface area contributed by atoms with Crippen LogP contribution in [0.3, 0.4) is 0 Å². The molecule has 5 nitrogen and oxygen atoms in total. The van der Waals surface area contributed by atoms with Crippen LogP contribution in [0.15, 0.2) is 18.2 Å². The number of halogens is 1. The number of phenolic OH excluding ortho intramolecular Hbond substituents is 1. The van der Waals surface area contributed by atoms with Crippen LogP contribution in [0.2, 0.25) is 5.02 Å². The van der Waals surface area contributed by atoms with Crippen LogP contribution in [-0.2, 0) is 9.53 Å². The van der Waals surface area contributed by atoms with Crippen LogP contribution >= 0.6 is 11.6 Å². The summed E-state index contributed by atoms with van der Waals surface area (Å²) in [4.78, 5) is 12.1. The summed E-state index contributed by atoms with van der Waals surface area (Å²) in [5.74, 6) is -0.282. The fourth-order valence-electron chi connectivity index (χ4n) is 1.80. The second kappa shape index (κ2) is 5.14. The highest BCUT2D eigenvalue weighted by atomic mass is 35.5. The quantitative estimate of drug-likeness (QED) is 0.711. The van der Waals surface area contributed by atoms with Gasteiger partial charge in [-0.15, -0.1) is 0 Å². The average Bonchev–Trinajstić information content (AvgIpc) is 2.35. The second-order valence-electron chi connectivity index (χ2n) is 4.39. The van der Waals surface area contributed by atoms with E-state index in [1.54, 1.807) is 6.07 Å². The van der Waals surface area contributed by atoms with Crippen molar-refractivity contribution >= 4 is 23.2 Å². The molecule has 1 aliphatic heterocycles. The Morgan fingerprint density at radius 1 is 1.44 bits per heavy atom. The molecule has 1 aliphatic rings. The molecule has 98 valence electrons. The Morgan fingerprint density at radius 3 is 2.72 bits per heavy atom. The molecule has 2 rings (SSSR count). The van der Waals surface area contributed by atoms with Gasteiger partial charge in [-0.1, -0.05) is 11.6 Å². The molecule has 0 radical (unpaired) electrons. The lowest BCUT2D eigenvalue weighted by molar-refractivity contribution is -0.124. The topological polar surface area (TPSA) is 84.6 Å². The molecular weight excluding hydrogens is 256 g/mol. The number of benzene rings is 1. The van der Waals surface area contributed by atoms with Crippen LogP contribution in [0, 0.1) is 0 Å². The number of anilines is 1. The van der Waals surface area contributed by atoms with Gasteiger partial charge in [0, 0.05) is 18.9 Å². The summed E-state index contributed by atoms with van der Waals surface area (Å²) < 4.78 is 5.19. The van der Waals surface area contributed by atoms with Crippen molar-refractivity contribution in [3.63, 3.8) is 0 Å². The zero-order chi connectivity index (χ0) is 13.2. The average molecular weight is 271 g/mol. The van der Waals surface area contributed by atoms with E-state index in [0.717, 1.165) is 0 Å². The standard InChI is InChI=1S/C12H15ClN2O3/c13-9-7-8(1-2-10(9)16)15-11(17)12(14)3-5-18-6-4-12/h1-2,7,16H,3-6,14H2,(H,15,17). The smallest absolute Gasteiger partial charge is 0.244 e. The third-order valence-electron chi connectivity index (χ3n) is 3.04. The molecule has 1 aromatic carbocycles. The summed E-state index contributed by atoms with van der Waals surface area (Å²) in [7, 11) is 0. The van der Waals surface area contributed by atoms with E-state index in [-0.39, 0.29) is 16.7 Å². The predicted octanol–water partition coefficient (Wildman–Crippen LogP) is 1.49. The van der Waals surface area contributed by atoms with Crippen molar-refractivity contribution in [2.45, 2.75) is 18.4 Å². The van der Waals surface area contributed by atoms with Crippen molar-refractivity contribution in [1.29, 1.82) is 0 Å². The fourth-order valence-corrected chi connectivity index (χ4v) is 1.98. The van der Waals surface area contributed by atoms with Crippen molar-refractivity contribution in [3.05, 3.63) is 23.2 Å². The van der Waals surface area contributed by atoms with Crippen LogP contribution in [0.5, 0.6) is 5.75 Å². The van der Waals surface area contributed by atoms with Gasteiger partial charge in [-0.3, -0.25) is 4.79 Å². The second-order valence-corrected chi connectivity index (χ2v) is 4.80. The third kappa shape index (κ3) is 2.75. The van der Waals surface area contributed by atoms with Gasteiger partial charge in [0.25, 0.3) is 0 Å². The zero-order valence-electron chi connectivity index (χ0n) is 9.78. The molecule has 6 heteroatoms. The monoisotopic (exact) mass is 270 g/mol. The van der Waals surface area contributed by atoms with Crippen LogP contribution in [-0.4, -0.2) is 29.8 Å². The highest BCUT2D eigenvalue weighted by molar-refractivity contribution is 6.32. The number of carbonyl (C=O) groups excluding carboxylic acids is 1. The highest BCUT2D eigenvalue weighted by Gasteiger charge is 2.35. The van der Waals surface area contributed by atoms with Gasteiger partial charge in [-0.25, -0.2) is 0 Å². The molecule has 0 saturated carbocycles. The molecule has 0 aromatic heterocycles. The maximum absolute atomic E-state index is 12.1. The molecule has 0 aliphatic carbocycles. The van der Waals surface area contributed by atoms with Crippen molar-refractivity contribution in [2.75, 3.05) is 18.5 Å². The molecule has 0 spiro atoms. The lowest BCUT2D eigenvalue weighted by atomic mass is 9.90. The zero-order valence-corrected chi connectivity index (χ0v) is 10.5. The van der Waals surface area contributed by atoms with E-state index in [1.807, 2.05) is 0 Å². The maximum atomic E-state index is 12.1. The number of aromatic hydroxyl groups is 1. The molecule has 18 heavy (non-hydrogen) atoms. The molecule has 1 saturated heterocycles. The summed E-state index contributed by atoms with van der Waals surface area (Å²) in [6.07, 6.45) is 0.981. The number of hydrogen-bond acceptors (Lipinski definition) is 4. The number of rotatable bonds is 2. The molecule has 4 N–H and O–H groups in total. The normalized spacial score (nSPS) is 18.3. The Labute approximate surface area is 110 Å². The Morgan fingerprint density at radius 2 is 2.11 bits per heavy atom. The summed E-state index contributed by atoms with van der Waals surface area (Å²) in [5, 5.41) is 12.2. The molecule has 0 unspecified atom stereocenters. The number of hydrogen-bond donors (Lipinski definition) is 3. The molecule has 1 amide bonds. The van der Waals surface area contributed by atoms with Crippen molar-refractivity contribution in [2.24, 2.45) is 5.73 Å². The van der Waals surface area contributed by atoms with Gasteiger partial charge in [0.15, 0.2) is 0 Å². The van der Waals surface area contributed by atoms with E-state index >= 15 is 0 Å². The summed E-state index contributed by atoms with van der Waals surface area (Å²) >= 11 is 5.77. The number of ether oxygens (including phenoxy) is 1. The van der Waals surface area contributed by atoms with E-state index in [4.69, 9.17) is 22.1 Å². The number of amides is 1. The van der Waals surface area contributed by atoms with Crippen LogP contribution in [0.25, 0.3) is 0 Å². The first-order chi connectivity index (χ1) is 8.51. The number of nitrogens with one attached hydrogen (secondary N) is 1. The molecule has 0 bridgehead atoms. The Kier molecular flexibility index (Phi) is 3.75. The van der Waals surface area contributed by atoms with Gasteiger partial charge < -0.3 is 20.9 Å². The summed E-state index contributed by atoms with van der Waals surface area (Å²) in [6, 6.07) is 4.48. The van der Waals surface area contributed by atoms with Crippen LogP contribution in [0.4, 0.5) is 5.69 Å². The minimum Gasteiger partial charge on any atom is -0.506 e. The predicted molar refractivity (Wildman–Crippen MR) is 68.7 cm³/mol. The number of carbonyl (C=O) groups is 1. The molecule has 1 fully saturated rings. The van der Waals surface area contributed by atoms with Gasteiger partial charge in [0.1, 0.15) is 11.3 Å². The molecule has 1 aromatic rings. The Bertz CT molecular complexity index is 459. The lowest BCUT2D eigenvalue weighted by Gasteiger charge is -2.31. The van der Waals surface area contributed by atoms with Gasteiger partial charge in [-0.05, 0) is 31.0 Å². The largest absolute Gasteiger partial charge is 0.506 e. The van der Waals surface area contributed by atoms with Crippen LogP contribution < -0.4 is 11.1 Å². The van der Waals surface area contributed by atoms with E-state index in [2.05, 4.69) is 5.32 Å². The van der Waals surface area contributed by atoms with E-state index in [0.29, 0.717) is 31.7 Å². The van der Waals surface area contributed by atoms with E-state index in [9.17, 15) is 9.90 Å². The molecular formula is C12H15ClN2O3. The first-order valence-electron chi connectivity index (χ1n) is 5.68. The minimum absolute atomic E-state index is 0.0248. The molecule has 0 atom stereocenters. The van der Waals surface area contributed by atoms with Gasteiger partial charge in [-0.2, -0.15) is 0 Å². The van der Waals surface area contributed by atoms with Crippen LogP contribution in [0.1, 0.15) is 12.8 Å². The first-order valence-corrected chi connectivity index (χ1v) is 6.06. The number of nitrogens with two attached hydrogens (primary N) is 1. The minimum atomic E-state index is -0.900. The summed E-state index contributed by atoms with van der Waals surface area (Å²) in [5.41, 5.74) is 5.66. The lowest BCUT2D eigenvalue weighted by Crippen LogP contribution is -2.54. The van der Waals surface area contributed by atoms with Gasteiger partial charge >= 0.3 is 0 Å². The first kappa shape index (κ1) is 13.1. The fraction of sp³-hybridized carbons (Fsp3) is 0.417. The third-order valence-corrected chi connectivity index (χ3v) is 3.35. The Balaban J connectivity index is 2.08.